The van der Waals surface area contributed by atoms with E-state index in [9.17, 15) is 24.0 Å². The summed E-state index contributed by atoms with van der Waals surface area (Å²) in [5, 5.41) is 2.59. The molecule has 0 bridgehead atoms. The smallest absolute Gasteiger partial charge is 0.328 e. The molecule has 0 aromatic heterocycles. The Morgan fingerprint density at radius 3 is 1.85 bits per heavy atom. The van der Waals surface area contributed by atoms with Crippen LogP contribution in [0.4, 0.5) is 0 Å². The van der Waals surface area contributed by atoms with Crippen LogP contribution in [-0.4, -0.2) is 68.4 Å². The number of carbonyl (C=O) groups is 5. The molecule has 10 nitrogen and oxygen atoms in total. The highest BCUT2D eigenvalue weighted by Gasteiger charge is 2.24. The highest BCUT2D eigenvalue weighted by molar-refractivity contribution is 5.86. The van der Waals surface area contributed by atoms with Crippen molar-refractivity contribution >= 4 is 29.4 Å². The average molecular weight is 471 g/mol. The molecule has 0 aliphatic rings. The lowest BCUT2D eigenvalue weighted by Gasteiger charge is -2.19. The largest absolute Gasteiger partial charge is 0.460 e. The van der Waals surface area contributed by atoms with Crippen molar-refractivity contribution in [2.45, 2.75) is 58.5 Å². The maximum Gasteiger partial charge on any atom is 0.328 e. The lowest BCUT2D eigenvalue weighted by molar-refractivity contribution is -0.147. The molecule has 188 valence electrons. The average Bonchev–Trinajstić information content (AvgIpc) is 2.76. The van der Waals surface area contributed by atoms with E-state index in [1.54, 1.807) is 6.92 Å². The molecule has 0 aromatic rings. The van der Waals surface area contributed by atoms with Gasteiger partial charge in [-0.2, -0.15) is 0 Å². The molecule has 0 fully saturated rings. The highest BCUT2D eigenvalue weighted by Crippen LogP contribution is 2.04. The molecule has 3 unspecified atom stereocenters. The SMILES string of the molecule is C=CCOC(=O)C(CCC(C)=O)NC(=O)C(C)COC.C=CCOC(=O)C(N)CCC(C)=O. The number of hydrogen-bond donors (Lipinski definition) is 2. The number of esters is 2. The number of amides is 1. The van der Waals surface area contributed by atoms with Crippen molar-refractivity contribution < 1.29 is 38.2 Å². The first-order chi connectivity index (χ1) is 15.5. The first-order valence-electron chi connectivity index (χ1n) is 10.6. The van der Waals surface area contributed by atoms with E-state index in [1.165, 1.54) is 33.1 Å². The molecule has 0 aliphatic heterocycles. The fraction of sp³-hybridized carbons (Fsp3) is 0.609. The van der Waals surface area contributed by atoms with Crippen LogP contribution in [0, 0.1) is 5.92 Å². The van der Waals surface area contributed by atoms with Crippen LogP contribution in [-0.2, 0) is 38.2 Å². The molecule has 0 rings (SSSR count). The monoisotopic (exact) mass is 470 g/mol. The third-order valence-electron chi connectivity index (χ3n) is 4.05. The van der Waals surface area contributed by atoms with Crippen LogP contribution in [0.25, 0.3) is 0 Å². The maximum atomic E-state index is 11.9. The van der Waals surface area contributed by atoms with E-state index in [-0.39, 0.29) is 56.1 Å². The molecule has 0 aromatic carbocycles. The van der Waals surface area contributed by atoms with Gasteiger partial charge in [-0.1, -0.05) is 32.2 Å². The van der Waals surface area contributed by atoms with Gasteiger partial charge in [0.15, 0.2) is 0 Å². The molecular weight excluding hydrogens is 432 g/mol. The lowest BCUT2D eigenvalue weighted by atomic mass is 10.1. The number of ketones is 2. The van der Waals surface area contributed by atoms with Crippen LogP contribution in [0.15, 0.2) is 25.3 Å². The summed E-state index contributed by atoms with van der Waals surface area (Å²) in [6.07, 6.45) is 3.98. The molecule has 1 amide bonds. The Kier molecular flexibility index (Phi) is 19.4. The number of nitrogens with one attached hydrogen (secondary N) is 1. The van der Waals surface area contributed by atoms with Gasteiger partial charge < -0.3 is 34.9 Å². The summed E-state index contributed by atoms with van der Waals surface area (Å²) in [6.45, 7) is 11.9. The number of nitrogens with two attached hydrogens (primary N) is 1. The van der Waals surface area contributed by atoms with Crippen LogP contribution in [0.3, 0.4) is 0 Å². The number of hydrogen-bond acceptors (Lipinski definition) is 9. The second-order valence-corrected chi connectivity index (χ2v) is 7.34. The Morgan fingerprint density at radius 1 is 0.909 bits per heavy atom. The first kappa shape index (κ1) is 32.3. The molecule has 3 N–H and O–H groups in total. The molecule has 0 spiro atoms. The topological polar surface area (TPSA) is 151 Å². The Bertz CT molecular complexity index is 663. The van der Waals surface area contributed by atoms with Crippen LogP contribution < -0.4 is 11.1 Å². The van der Waals surface area contributed by atoms with Crippen molar-refractivity contribution in [3.8, 4) is 0 Å². The zero-order valence-corrected chi connectivity index (χ0v) is 20.1. The number of Topliss-reactive ketones (excluding diaryl/α,β-unsaturated/α-hetero) is 2. The minimum absolute atomic E-state index is 0.0203. The minimum atomic E-state index is -0.828. The van der Waals surface area contributed by atoms with Crippen molar-refractivity contribution in [2.75, 3.05) is 26.9 Å². The number of rotatable bonds is 16. The molecule has 0 heterocycles. The first-order valence-corrected chi connectivity index (χ1v) is 10.6. The van der Waals surface area contributed by atoms with Crippen molar-refractivity contribution in [1.29, 1.82) is 0 Å². The van der Waals surface area contributed by atoms with E-state index in [1.807, 2.05) is 0 Å². The van der Waals surface area contributed by atoms with Crippen molar-refractivity contribution in [3.63, 3.8) is 0 Å². The van der Waals surface area contributed by atoms with E-state index in [0.29, 0.717) is 12.8 Å². The predicted octanol–water partition coefficient (Wildman–Crippen LogP) is 1.26. The number of ether oxygens (including phenoxy) is 3. The van der Waals surface area contributed by atoms with Gasteiger partial charge in [0.05, 0.1) is 12.5 Å². The maximum absolute atomic E-state index is 11.9. The summed E-state index contributed by atoms with van der Waals surface area (Å²) in [5.74, 6) is -1.77. The Morgan fingerprint density at radius 2 is 1.39 bits per heavy atom. The predicted molar refractivity (Wildman–Crippen MR) is 123 cm³/mol. The molecule has 0 saturated heterocycles. The number of methoxy groups -OCH3 is 1. The van der Waals surface area contributed by atoms with Gasteiger partial charge in [-0.05, 0) is 26.7 Å². The van der Waals surface area contributed by atoms with Crippen molar-refractivity contribution in [3.05, 3.63) is 25.3 Å². The summed E-state index contributed by atoms with van der Waals surface area (Å²) >= 11 is 0. The second-order valence-electron chi connectivity index (χ2n) is 7.34. The normalized spacial score (nSPS) is 12.6. The van der Waals surface area contributed by atoms with Gasteiger partial charge in [-0.15, -0.1) is 0 Å². The van der Waals surface area contributed by atoms with E-state index in [0.717, 1.165) is 0 Å². The Balaban J connectivity index is 0. The van der Waals surface area contributed by atoms with Crippen molar-refractivity contribution in [2.24, 2.45) is 11.7 Å². The van der Waals surface area contributed by atoms with Gasteiger partial charge in [-0.25, -0.2) is 4.79 Å². The van der Waals surface area contributed by atoms with Gasteiger partial charge in [0, 0.05) is 20.0 Å². The van der Waals surface area contributed by atoms with Crippen molar-refractivity contribution in [1.82, 2.24) is 5.32 Å². The molecule has 3 atom stereocenters. The third kappa shape index (κ3) is 18.4. The molecule has 0 aliphatic carbocycles. The van der Waals surface area contributed by atoms with Crippen LogP contribution >= 0.6 is 0 Å². The molecule has 33 heavy (non-hydrogen) atoms. The summed E-state index contributed by atoms with van der Waals surface area (Å²) in [6, 6.07) is -1.53. The molecule has 10 heteroatoms. The summed E-state index contributed by atoms with van der Waals surface area (Å²) in [5.41, 5.74) is 5.45. The molecule has 0 saturated carbocycles. The van der Waals surface area contributed by atoms with Gasteiger partial charge in [0.1, 0.15) is 36.9 Å². The summed E-state index contributed by atoms with van der Waals surface area (Å²) in [4.78, 5) is 56.2. The third-order valence-corrected chi connectivity index (χ3v) is 4.05. The van der Waals surface area contributed by atoms with E-state index in [4.69, 9.17) is 19.9 Å². The minimum Gasteiger partial charge on any atom is -0.460 e. The van der Waals surface area contributed by atoms with Gasteiger partial charge >= 0.3 is 11.9 Å². The van der Waals surface area contributed by atoms with E-state index in [2.05, 4.69) is 18.5 Å². The Labute approximate surface area is 195 Å². The molecule has 0 radical (unpaired) electrons. The zero-order valence-electron chi connectivity index (χ0n) is 20.1. The van der Waals surface area contributed by atoms with E-state index < -0.39 is 24.0 Å². The van der Waals surface area contributed by atoms with Gasteiger partial charge in [-0.3, -0.25) is 9.59 Å². The van der Waals surface area contributed by atoms with Crippen LogP contribution in [0.5, 0.6) is 0 Å². The highest BCUT2D eigenvalue weighted by atomic mass is 16.5. The Hall–Kier alpha value is -2.85. The number of carbonyl (C=O) groups excluding carboxylic acids is 5. The second kappa shape index (κ2) is 19.8. The van der Waals surface area contributed by atoms with E-state index >= 15 is 0 Å². The fourth-order valence-corrected chi connectivity index (χ4v) is 2.20. The standard InChI is InChI=1S/C14H23NO5.C9H15NO3/c1-5-8-20-14(18)12(7-6-11(3)16)15-13(17)10(2)9-19-4;1-3-6-13-9(12)8(10)5-4-7(2)11/h5,10,12H,1,6-9H2,2-4H3,(H,15,17);3,8H,1,4-6,10H2,2H3. The summed E-state index contributed by atoms with van der Waals surface area (Å²) < 4.78 is 14.5. The molecular formula is C23H38N2O8. The fourth-order valence-electron chi connectivity index (χ4n) is 2.20. The van der Waals surface area contributed by atoms with Gasteiger partial charge in [0.25, 0.3) is 0 Å². The van der Waals surface area contributed by atoms with Crippen LogP contribution in [0.1, 0.15) is 46.5 Å². The quantitative estimate of drug-likeness (QED) is 0.251. The lowest BCUT2D eigenvalue weighted by Crippen LogP contribution is -2.45. The zero-order chi connectivity index (χ0) is 25.8. The summed E-state index contributed by atoms with van der Waals surface area (Å²) in [7, 11) is 1.50. The van der Waals surface area contributed by atoms with Gasteiger partial charge in [0.2, 0.25) is 5.91 Å². The van der Waals surface area contributed by atoms with Crippen LogP contribution in [0.2, 0.25) is 0 Å².